The molecule has 0 aliphatic rings. The predicted octanol–water partition coefficient (Wildman–Crippen LogP) is 3.54. The fourth-order valence-electron chi connectivity index (χ4n) is 2.67. The summed E-state index contributed by atoms with van der Waals surface area (Å²) in [5.41, 5.74) is 2.23. The number of hydrogen-bond donors (Lipinski definition) is 1. The SMILES string of the molecule is COCCOc1ccccc1CNC(C)c1nc(Cc2ccccc2)no1. The van der Waals surface area contributed by atoms with E-state index in [-0.39, 0.29) is 6.04 Å². The number of benzene rings is 2. The molecule has 3 aromatic rings. The van der Waals surface area contributed by atoms with E-state index in [2.05, 4.69) is 27.6 Å². The van der Waals surface area contributed by atoms with Gasteiger partial charge in [0, 0.05) is 25.6 Å². The molecule has 0 saturated carbocycles. The molecule has 0 aliphatic heterocycles. The van der Waals surface area contributed by atoms with Crippen molar-refractivity contribution >= 4 is 0 Å². The maximum absolute atomic E-state index is 5.77. The summed E-state index contributed by atoms with van der Waals surface area (Å²) in [6.45, 7) is 3.73. The number of para-hydroxylation sites is 1. The minimum atomic E-state index is -0.0611. The molecule has 1 N–H and O–H groups in total. The second-order valence-electron chi connectivity index (χ2n) is 6.26. The number of nitrogens with zero attached hydrogens (tertiary/aromatic N) is 2. The second kappa shape index (κ2) is 9.85. The largest absolute Gasteiger partial charge is 0.491 e. The van der Waals surface area contributed by atoms with Gasteiger partial charge in [0.15, 0.2) is 5.82 Å². The lowest BCUT2D eigenvalue weighted by Crippen LogP contribution is -2.19. The third-order valence-corrected chi connectivity index (χ3v) is 4.18. The predicted molar refractivity (Wildman–Crippen MR) is 103 cm³/mol. The Labute approximate surface area is 159 Å². The van der Waals surface area contributed by atoms with Crippen LogP contribution in [0.1, 0.15) is 35.8 Å². The minimum Gasteiger partial charge on any atom is -0.491 e. The molecular weight excluding hydrogens is 342 g/mol. The average Bonchev–Trinajstić information content (AvgIpc) is 3.16. The van der Waals surface area contributed by atoms with Gasteiger partial charge in [0.25, 0.3) is 0 Å². The first kappa shape index (κ1) is 19.1. The standard InChI is InChI=1S/C21H25N3O3/c1-16(21-23-20(24-27-21)14-17-8-4-3-5-9-17)22-15-18-10-6-7-11-19(18)26-13-12-25-2/h3-11,16,22H,12-15H2,1-2H3. The molecule has 6 heteroatoms. The van der Waals surface area contributed by atoms with Gasteiger partial charge in [0.1, 0.15) is 12.4 Å². The fraction of sp³-hybridized carbons (Fsp3) is 0.333. The maximum atomic E-state index is 5.77. The molecule has 6 nitrogen and oxygen atoms in total. The van der Waals surface area contributed by atoms with Gasteiger partial charge < -0.3 is 19.3 Å². The van der Waals surface area contributed by atoms with E-state index in [1.165, 1.54) is 0 Å². The van der Waals surface area contributed by atoms with Gasteiger partial charge in [0.2, 0.25) is 5.89 Å². The van der Waals surface area contributed by atoms with Crippen molar-refractivity contribution in [1.82, 2.24) is 15.5 Å². The van der Waals surface area contributed by atoms with Crippen molar-refractivity contribution in [3.05, 3.63) is 77.4 Å². The van der Waals surface area contributed by atoms with Gasteiger partial charge >= 0.3 is 0 Å². The highest BCUT2D eigenvalue weighted by Crippen LogP contribution is 2.19. The van der Waals surface area contributed by atoms with Crippen LogP contribution < -0.4 is 10.1 Å². The average molecular weight is 367 g/mol. The normalized spacial score (nSPS) is 12.1. The molecule has 0 saturated heterocycles. The molecule has 27 heavy (non-hydrogen) atoms. The van der Waals surface area contributed by atoms with Crippen LogP contribution in [-0.2, 0) is 17.7 Å². The Balaban J connectivity index is 1.56. The van der Waals surface area contributed by atoms with E-state index in [0.717, 1.165) is 16.9 Å². The lowest BCUT2D eigenvalue weighted by atomic mass is 10.1. The van der Waals surface area contributed by atoms with E-state index in [0.29, 0.717) is 37.9 Å². The highest BCUT2D eigenvalue weighted by atomic mass is 16.5. The van der Waals surface area contributed by atoms with Crippen molar-refractivity contribution in [3.63, 3.8) is 0 Å². The molecule has 1 atom stereocenters. The summed E-state index contributed by atoms with van der Waals surface area (Å²) in [4.78, 5) is 4.51. The van der Waals surface area contributed by atoms with E-state index >= 15 is 0 Å². The summed E-state index contributed by atoms with van der Waals surface area (Å²) in [7, 11) is 1.66. The molecule has 1 unspecified atom stereocenters. The van der Waals surface area contributed by atoms with Crippen molar-refractivity contribution in [2.75, 3.05) is 20.3 Å². The Bertz CT molecular complexity index is 820. The first-order valence-electron chi connectivity index (χ1n) is 9.05. The Morgan fingerprint density at radius 3 is 2.63 bits per heavy atom. The summed E-state index contributed by atoms with van der Waals surface area (Å²) >= 11 is 0. The molecule has 0 radical (unpaired) electrons. The summed E-state index contributed by atoms with van der Waals surface area (Å²) in [5.74, 6) is 2.12. The third-order valence-electron chi connectivity index (χ3n) is 4.18. The number of methoxy groups -OCH3 is 1. The van der Waals surface area contributed by atoms with Gasteiger partial charge in [0.05, 0.1) is 12.6 Å². The van der Waals surface area contributed by atoms with Gasteiger partial charge in [-0.15, -0.1) is 0 Å². The van der Waals surface area contributed by atoms with Crippen LogP contribution in [-0.4, -0.2) is 30.5 Å². The zero-order valence-electron chi connectivity index (χ0n) is 15.7. The number of aromatic nitrogens is 2. The van der Waals surface area contributed by atoms with Gasteiger partial charge in [-0.05, 0) is 18.6 Å². The van der Waals surface area contributed by atoms with E-state index in [1.807, 2.05) is 49.4 Å². The van der Waals surface area contributed by atoms with Crippen molar-refractivity contribution in [3.8, 4) is 5.75 Å². The van der Waals surface area contributed by atoms with Crippen LogP contribution in [0.15, 0.2) is 59.1 Å². The first-order valence-corrected chi connectivity index (χ1v) is 9.05. The monoisotopic (exact) mass is 367 g/mol. The van der Waals surface area contributed by atoms with Gasteiger partial charge in [-0.1, -0.05) is 53.7 Å². The van der Waals surface area contributed by atoms with E-state index in [1.54, 1.807) is 7.11 Å². The van der Waals surface area contributed by atoms with Crippen LogP contribution in [0, 0.1) is 0 Å². The second-order valence-corrected chi connectivity index (χ2v) is 6.26. The number of nitrogens with one attached hydrogen (secondary N) is 1. The quantitative estimate of drug-likeness (QED) is 0.553. The summed E-state index contributed by atoms with van der Waals surface area (Å²) in [6, 6.07) is 18.0. The van der Waals surface area contributed by atoms with Crippen LogP contribution in [0.2, 0.25) is 0 Å². The highest BCUT2D eigenvalue weighted by Gasteiger charge is 2.15. The van der Waals surface area contributed by atoms with Crippen LogP contribution in [0.25, 0.3) is 0 Å². The van der Waals surface area contributed by atoms with E-state index in [9.17, 15) is 0 Å². The molecule has 0 spiro atoms. The number of hydrogen-bond acceptors (Lipinski definition) is 6. The Hall–Kier alpha value is -2.70. The Morgan fingerprint density at radius 2 is 1.81 bits per heavy atom. The fourth-order valence-corrected chi connectivity index (χ4v) is 2.67. The van der Waals surface area contributed by atoms with Gasteiger partial charge in [-0.2, -0.15) is 4.98 Å². The molecule has 142 valence electrons. The maximum Gasteiger partial charge on any atom is 0.243 e. The molecule has 0 bridgehead atoms. The third kappa shape index (κ3) is 5.64. The van der Waals surface area contributed by atoms with Crippen molar-refractivity contribution in [2.45, 2.75) is 25.9 Å². The lowest BCUT2D eigenvalue weighted by Gasteiger charge is -2.14. The molecule has 0 aliphatic carbocycles. The topological polar surface area (TPSA) is 69.4 Å². The molecule has 3 rings (SSSR count). The summed E-state index contributed by atoms with van der Waals surface area (Å²) < 4.78 is 16.2. The van der Waals surface area contributed by atoms with Crippen LogP contribution in [0.5, 0.6) is 5.75 Å². The lowest BCUT2D eigenvalue weighted by molar-refractivity contribution is 0.145. The zero-order chi connectivity index (χ0) is 18.9. The molecule has 1 heterocycles. The van der Waals surface area contributed by atoms with Crippen LogP contribution >= 0.6 is 0 Å². The Kier molecular flexibility index (Phi) is 6.96. The Morgan fingerprint density at radius 1 is 1.04 bits per heavy atom. The summed E-state index contributed by atoms with van der Waals surface area (Å²) in [5, 5.41) is 7.51. The van der Waals surface area contributed by atoms with Crippen molar-refractivity contribution < 1.29 is 14.0 Å². The molecule has 1 aromatic heterocycles. The zero-order valence-corrected chi connectivity index (χ0v) is 15.7. The number of rotatable bonds is 10. The van der Waals surface area contributed by atoms with E-state index < -0.39 is 0 Å². The van der Waals surface area contributed by atoms with Gasteiger partial charge in [-0.25, -0.2) is 0 Å². The summed E-state index contributed by atoms with van der Waals surface area (Å²) in [6.07, 6.45) is 0.660. The molecule has 0 fully saturated rings. The van der Waals surface area contributed by atoms with Gasteiger partial charge in [-0.3, -0.25) is 0 Å². The minimum absolute atomic E-state index is 0.0611. The van der Waals surface area contributed by atoms with E-state index in [4.69, 9.17) is 14.0 Å². The molecule has 0 amide bonds. The van der Waals surface area contributed by atoms with Crippen LogP contribution in [0.3, 0.4) is 0 Å². The van der Waals surface area contributed by atoms with Crippen molar-refractivity contribution in [1.29, 1.82) is 0 Å². The first-order chi connectivity index (χ1) is 13.3. The van der Waals surface area contributed by atoms with Crippen molar-refractivity contribution in [2.24, 2.45) is 0 Å². The molecular formula is C21H25N3O3. The molecule has 2 aromatic carbocycles. The highest BCUT2D eigenvalue weighted by molar-refractivity contribution is 5.33. The number of ether oxygens (including phenoxy) is 2. The van der Waals surface area contributed by atoms with Crippen LogP contribution in [0.4, 0.5) is 0 Å². The smallest absolute Gasteiger partial charge is 0.243 e.